The van der Waals surface area contributed by atoms with Crippen LogP contribution in [0.25, 0.3) is 0 Å². The van der Waals surface area contributed by atoms with Crippen molar-refractivity contribution in [3.63, 3.8) is 0 Å². The number of benzene rings is 1. The van der Waals surface area contributed by atoms with Gasteiger partial charge in [0.05, 0.1) is 6.61 Å². The number of aliphatic hydroxyl groups is 1. The van der Waals surface area contributed by atoms with Crippen LogP contribution in [0, 0.1) is 6.92 Å². The molecule has 1 aliphatic heterocycles. The van der Waals surface area contributed by atoms with Gasteiger partial charge in [-0.05, 0) is 38.6 Å². The number of anilines is 1. The zero-order valence-electron chi connectivity index (χ0n) is 11.1. The lowest BCUT2D eigenvalue weighted by Gasteiger charge is -2.42. The molecule has 1 amide bonds. The van der Waals surface area contributed by atoms with E-state index in [1.54, 1.807) is 4.90 Å². The maximum Gasteiger partial charge on any atom is 0.246 e. The average Bonchev–Trinajstić information content (AvgIpc) is 2.34. The van der Waals surface area contributed by atoms with Gasteiger partial charge in [-0.2, -0.15) is 0 Å². The number of carbonyl (C=O) groups is 1. The molecule has 1 aliphatic rings. The van der Waals surface area contributed by atoms with Gasteiger partial charge >= 0.3 is 0 Å². The number of aliphatic hydroxyl groups excluding tert-OH is 1. The molecule has 1 N–H and O–H groups in total. The van der Waals surface area contributed by atoms with Gasteiger partial charge in [0.1, 0.15) is 6.04 Å². The van der Waals surface area contributed by atoms with Gasteiger partial charge in [0.15, 0.2) is 0 Å². The summed E-state index contributed by atoms with van der Waals surface area (Å²) in [6, 6.07) is 7.71. The topological polar surface area (TPSA) is 43.8 Å². The van der Waals surface area contributed by atoms with Crippen molar-refractivity contribution in [3.05, 3.63) is 29.8 Å². The van der Waals surface area contributed by atoms with E-state index in [1.807, 2.05) is 43.1 Å². The molecule has 1 aromatic carbocycles. The molecule has 2 rings (SSSR count). The molecule has 2 atom stereocenters. The third-order valence-corrected chi connectivity index (χ3v) is 3.67. The molecule has 0 radical (unpaired) electrons. The first-order valence-corrected chi connectivity index (χ1v) is 6.25. The number of hydrogen-bond donors (Lipinski definition) is 1. The molecule has 1 aromatic rings. The molecule has 4 nitrogen and oxygen atoms in total. The minimum atomic E-state index is -0.436. The van der Waals surface area contributed by atoms with Crippen molar-refractivity contribution in [2.45, 2.75) is 25.9 Å². The summed E-state index contributed by atoms with van der Waals surface area (Å²) in [4.78, 5) is 16.1. The minimum Gasteiger partial charge on any atom is -0.394 e. The molecule has 1 fully saturated rings. The lowest BCUT2D eigenvalue weighted by atomic mass is 10.1. The number of hydrogen-bond acceptors (Lipinski definition) is 3. The molecule has 0 aromatic heterocycles. The Hall–Kier alpha value is -1.39. The molecule has 1 heterocycles. The van der Waals surface area contributed by atoms with Crippen LogP contribution >= 0.6 is 0 Å². The summed E-state index contributed by atoms with van der Waals surface area (Å²) in [5.74, 6) is -0.0244. The summed E-state index contributed by atoms with van der Waals surface area (Å²) in [5, 5.41) is 9.38. The zero-order chi connectivity index (χ0) is 13.3. The highest BCUT2D eigenvalue weighted by molar-refractivity contribution is 5.98. The number of aryl methyl sites for hydroxylation is 1. The van der Waals surface area contributed by atoms with E-state index in [1.165, 1.54) is 0 Å². The minimum absolute atomic E-state index is 0.0244. The second-order valence-electron chi connectivity index (χ2n) is 5.00. The Morgan fingerprint density at radius 2 is 2.17 bits per heavy atom. The summed E-state index contributed by atoms with van der Waals surface area (Å²) >= 11 is 0. The van der Waals surface area contributed by atoms with Crippen LogP contribution < -0.4 is 4.90 Å². The Morgan fingerprint density at radius 1 is 1.44 bits per heavy atom. The van der Waals surface area contributed by atoms with Gasteiger partial charge in [0.25, 0.3) is 0 Å². The Morgan fingerprint density at radius 3 is 2.78 bits per heavy atom. The van der Waals surface area contributed by atoms with E-state index < -0.39 is 6.04 Å². The highest BCUT2D eigenvalue weighted by Crippen LogP contribution is 2.23. The Labute approximate surface area is 108 Å². The monoisotopic (exact) mass is 248 g/mol. The quantitative estimate of drug-likeness (QED) is 0.850. The third-order valence-electron chi connectivity index (χ3n) is 3.67. The van der Waals surface area contributed by atoms with Gasteiger partial charge in [0.2, 0.25) is 5.91 Å². The fourth-order valence-corrected chi connectivity index (χ4v) is 2.38. The largest absolute Gasteiger partial charge is 0.394 e. The molecule has 0 bridgehead atoms. The highest BCUT2D eigenvalue weighted by Gasteiger charge is 2.36. The van der Waals surface area contributed by atoms with Gasteiger partial charge in [-0.1, -0.05) is 12.1 Å². The standard InChI is InChI=1S/C14H20N2O2/c1-10-5-4-6-12(7-10)16-8-11(2)15(3)13(9-17)14(16)18/h4-7,11,13,17H,8-9H2,1-3H3. The number of piperazine rings is 1. The second kappa shape index (κ2) is 5.08. The molecular weight excluding hydrogens is 228 g/mol. The summed E-state index contributed by atoms with van der Waals surface area (Å²) in [5.41, 5.74) is 2.05. The van der Waals surface area contributed by atoms with Gasteiger partial charge in [-0.15, -0.1) is 0 Å². The lowest BCUT2D eigenvalue weighted by molar-refractivity contribution is -0.128. The van der Waals surface area contributed by atoms with Crippen molar-refractivity contribution in [1.29, 1.82) is 0 Å². The first-order chi connectivity index (χ1) is 8.54. The molecule has 0 aliphatic carbocycles. The summed E-state index contributed by atoms with van der Waals surface area (Å²) < 4.78 is 0. The predicted molar refractivity (Wildman–Crippen MR) is 71.6 cm³/mol. The summed E-state index contributed by atoms with van der Waals surface area (Å²) in [7, 11) is 1.89. The molecule has 98 valence electrons. The second-order valence-corrected chi connectivity index (χ2v) is 5.00. The predicted octanol–water partition coefficient (Wildman–Crippen LogP) is 1.02. The van der Waals surface area contributed by atoms with Crippen LogP contribution in [0.1, 0.15) is 12.5 Å². The van der Waals surface area contributed by atoms with E-state index >= 15 is 0 Å². The van der Waals surface area contributed by atoms with E-state index in [2.05, 4.69) is 6.92 Å². The van der Waals surface area contributed by atoms with E-state index in [-0.39, 0.29) is 18.6 Å². The van der Waals surface area contributed by atoms with Crippen molar-refractivity contribution in [2.24, 2.45) is 0 Å². The smallest absolute Gasteiger partial charge is 0.246 e. The highest BCUT2D eigenvalue weighted by atomic mass is 16.3. The molecule has 4 heteroatoms. The molecule has 2 unspecified atom stereocenters. The normalized spacial score (nSPS) is 25.6. The first kappa shape index (κ1) is 13.1. The summed E-state index contributed by atoms with van der Waals surface area (Å²) in [6.07, 6.45) is 0. The van der Waals surface area contributed by atoms with Gasteiger partial charge in [0, 0.05) is 18.3 Å². The average molecular weight is 248 g/mol. The number of rotatable bonds is 2. The number of nitrogens with zero attached hydrogens (tertiary/aromatic N) is 2. The van der Waals surface area contributed by atoms with Gasteiger partial charge in [-0.3, -0.25) is 9.69 Å². The lowest BCUT2D eigenvalue weighted by Crippen LogP contribution is -2.61. The Balaban J connectivity index is 2.31. The molecule has 18 heavy (non-hydrogen) atoms. The van der Waals surface area contributed by atoms with Crippen LogP contribution in [0.2, 0.25) is 0 Å². The van der Waals surface area contributed by atoms with Crippen LogP contribution in [0.15, 0.2) is 24.3 Å². The van der Waals surface area contributed by atoms with Crippen LogP contribution in [-0.4, -0.2) is 48.2 Å². The fourth-order valence-electron chi connectivity index (χ4n) is 2.38. The number of amides is 1. The van der Waals surface area contributed by atoms with Crippen molar-refractivity contribution >= 4 is 11.6 Å². The van der Waals surface area contributed by atoms with Crippen molar-refractivity contribution in [3.8, 4) is 0 Å². The van der Waals surface area contributed by atoms with Crippen LogP contribution in [0.3, 0.4) is 0 Å². The van der Waals surface area contributed by atoms with Crippen molar-refractivity contribution < 1.29 is 9.90 Å². The molecule has 1 saturated heterocycles. The van der Waals surface area contributed by atoms with Crippen LogP contribution in [0.4, 0.5) is 5.69 Å². The van der Waals surface area contributed by atoms with Crippen molar-refractivity contribution in [2.75, 3.05) is 25.1 Å². The van der Waals surface area contributed by atoms with E-state index in [4.69, 9.17) is 0 Å². The van der Waals surface area contributed by atoms with Crippen LogP contribution in [-0.2, 0) is 4.79 Å². The zero-order valence-corrected chi connectivity index (χ0v) is 11.1. The Bertz CT molecular complexity index is 447. The van der Waals surface area contributed by atoms with Crippen molar-refractivity contribution in [1.82, 2.24) is 4.90 Å². The number of carbonyl (C=O) groups excluding carboxylic acids is 1. The molecule has 0 saturated carbocycles. The molecule has 0 spiro atoms. The Kier molecular flexibility index (Phi) is 3.68. The fraction of sp³-hybridized carbons (Fsp3) is 0.500. The van der Waals surface area contributed by atoms with E-state index in [0.29, 0.717) is 6.54 Å². The number of likely N-dealkylation sites (N-methyl/N-ethyl adjacent to an activating group) is 1. The van der Waals surface area contributed by atoms with E-state index in [9.17, 15) is 9.90 Å². The first-order valence-electron chi connectivity index (χ1n) is 6.25. The van der Waals surface area contributed by atoms with Gasteiger partial charge in [-0.25, -0.2) is 0 Å². The van der Waals surface area contributed by atoms with E-state index in [0.717, 1.165) is 11.3 Å². The SMILES string of the molecule is Cc1cccc(N2CC(C)N(C)C(CO)C2=O)c1. The van der Waals surface area contributed by atoms with Crippen LogP contribution in [0.5, 0.6) is 0 Å². The maximum atomic E-state index is 12.3. The third kappa shape index (κ3) is 2.26. The maximum absolute atomic E-state index is 12.3. The van der Waals surface area contributed by atoms with Gasteiger partial charge < -0.3 is 10.0 Å². The molecular formula is C14H20N2O2. The summed E-state index contributed by atoms with van der Waals surface area (Å²) in [6.45, 7) is 4.60.